The number of ether oxygens (including phenoxy) is 1. The van der Waals surface area contributed by atoms with Gasteiger partial charge in [0.05, 0.1) is 11.8 Å². The molecule has 0 saturated carbocycles. The van der Waals surface area contributed by atoms with Gasteiger partial charge in [-0.1, -0.05) is 0 Å². The van der Waals surface area contributed by atoms with Gasteiger partial charge in [-0.3, -0.25) is 9.59 Å². The summed E-state index contributed by atoms with van der Waals surface area (Å²) < 4.78 is 5.30. The first kappa shape index (κ1) is 16.3. The van der Waals surface area contributed by atoms with Gasteiger partial charge < -0.3 is 19.8 Å². The van der Waals surface area contributed by atoms with E-state index in [4.69, 9.17) is 4.74 Å². The third kappa shape index (κ3) is 3.40. The maximum absolute atomic E-state index is 12.1. The maximum Gasteiger partial charge on any atom is 0.410 e. The van der Waals surface area contributed by atoms with Crippen LogP contribution in [0.3, 0.4) is 0 Å². The lowest BCUT2D eigenvalue weighted by Gasteiger charge is -2.26. The Hall–Kier alpha value is -2.05. The number of amides is 1. The molecule has 1 aliphatic heterocycles. The fraction of sp³-hybridized carbons (Fsp3) is 0.667. The molecule has 0 radical (unpaired) electrons. The van der Waals surface area contributed by atoms with Crippen molar-refractivity contribution in [2.75, 3.05) is 13.1 Å². The van der Waals surface area contributed by atoms with Gasteiger partial charge in [-0.15, -0.1) is 0 Å². The number of nitrogens with zero attached hydrogens (tertiary/aromatic N) is 1. The second kappa shape index (κ2) is 5.62. The Kier molecular flexibility index (Phi) is 4.17. The Morgan fingerprint density at radius 3 is 1.73 bits per heavy atom. The first-order valence-electron chi connectivity index (χ1n) is 7.22. The smallest absolute Gasteiger partial charge is 0.410 e. The molecule has 7 heteroatoms. The highest BCUT2D eigenvalue weighted by atomic mass is 16.6. The summed E-state index contributed by atoms with van der Waals surface area (Å²) in [5.74, 6) is -4.07. The molecule has 22 heavy (non-hydrogen) atoms. The zero-order valence-electron chi connectivity index (χ0n) is 13.0. The molecule has 7 nitrogen and oxygen atoms in total. The van der Waals surface area contributed by atoms with Crippen LogP contribution in [-0.4, -0.2) is 51.8 Å². The molecular weight excluding hydrogens is 290 g/mol. The molecular formula is C15H21NO6. The van der Waals surface area contributed by atoms with E-state index in [2.05, 4.69) is 0 Å². The number of hydrogen-bond donors (Lipinski definition) is 2. The van der Waals surface area contributed by atoms with Crippen LogP contribution in [-0.2, 0) is 14.3 Å². The lowest BCUT2D eigenvalue weighted by atomic mass is 9.76. The molecule has 0 aromatic carbocycles. The number of carboxylic acids is 2. The van der Waals surface area contributed by atoms with Crippen molar-refractivity contribution >= 4 is 18.0 Å². The molecule has 1 heterocycles. The highest BCUT2D eigenvalue weighted by Gasteiger charge is 2.42. The normalized spacial score (nSPS) is 25.0. The fourth-order valence-electron chi connectivity index (χ4n) is 2.95. The van der Waals surface area contributed by atoms with Crippen molar-refractivity contribution in [1.82, 2.24) is 4.90 Å². The Labute approximate surface area is 128 Å². The highest BCUT2D eigenvalue weighted by molar-refractivity contribution is 5.81. The summed E-state index contributed by atoms with van der Waals surface area (Å²) in [6.45, 7) is 5.96. The van der Waals surface area contributed by atoms with Gasteiger partial charge >= 0.3 is 18.0 Å². The van der Waals surface area contributed by atoms with Crippen LogP contribution in [0.2, 0.25) is 0 Å². The van der Waals surface area contributed by atoms with Crippen LogP contribution in [0.1, 0.15) is 33.6 Å². The Morgan fingerprint density at radius 1 is 1.00 bits per heavy atom. The summed E-state index contributed by atoms with van der Waals surface area (Å²) in [6.07, 6.45) is -0.0948. The molecule has 0 fully saturated rings. The second-order valence-corrected chi connectivity index (χ2v) is 6.84. The molecule has 0 bridgehead atoms. The second-order valence-electron chi connectivity index (χ2n) is 6.84. The summed E-state index contributed by atoms with van der Waals surface area (Å²) in [6, 6.07) is 0. The molecule has 1 amide bonds. The Bertz CT molecular complexity index is 511. The van der Waals surface area contributed by atoms with E-state index in [1.165, 1.54) is 4.90 Å². The molecule has 0 spiro atoms. The monoisotopic (exact) mass is 311 g/mol. The minimum absolute atomic E-state index is 0.181. The van der Waals surface area contributed by atoms with Gasteiger partial charge in [0.25, 0.3) is 0 Å². The summed E-state index contributed by atoms with van der Waals surface area (Å²) in [5.41, 5.74) is 1.11. The van der Waals surface area contributed by atoms with Crippen molar-refractivity contribution in [2.45, 2.75) is 39.2 Å². The van der Waals surface area contributed by atoms with Gasteiger partial charge in [0, 0.05) is 13.1 Å². The van der Waals surface area contributed by atoms with Crippen molar-refractivity contribution in [2.24, 2.45) is 11.8 Å². The molecule has 2 atom stereocenters. The number of carbonyl (C=O) groups is 3. The molecule has 2 N–H and O–H groups in total. The van der Waals surface area contributed by atoms with E-state index in [9.17, 15) is 24.6 Å². The molecule has 122 valence electrons. The van der Waals surface area contributed by atoms with Crippen molar-refractivity contribution in [3.05, 3.63) is 11.1 Å². The first-order chi connectivity index (χ1) is 10.1. The summed E-state index contributed by atoms with van der Waals surface area (Å²) in [7, 11) is 0. The Morgan fingerprint density at radius 2 is 1.41 bits per heavy atom. The average molecular weight is 311 g/mol. The standard InChI is InChI=1S/C15H21NO6/c1-15(2,3)22-14(21)16-6-8-4-10(12(17)18)11(13(19)20)5-9(8)7-16/h10-11H,4-7H2,1-3H3,(H,17,18)(H,19,20). The molecule has 2 rings (SSSR count). The Balaban J connectivity index is 2.09. The minimum Gasteiger partial charge on any atom is -0.481 e. The van der Waals surface area contributed by atoms with E-state index in [1.807, 2.05) is 0 Å². The summed E-state index contributed by atoms with van der Waals surface area (Å²) in [4.78, 5) is 36.1. The van der Waals surface area contributed by atoms with Crippen LogP contribution < -0.4 is 0 Å². The quantitative estimate of drug-likeness (QED) is 0.753. The fourth-order valence-corrected chi connectivity index (χ4v) is 2.95. The zero-order valence-corrected chi connectivity index (χ0v) is 13.0. The number of carbonyl (C=O) groups excluding carboxylic acids is 1. The van der Waals surface area contributed by atoms with Crippen LogP contribution in [0.5, 0.6) is 0 Å². The van der Waals surface area contributed by atoms with E-state index in [1.54, 1.807) is 20.8 Å². The number of rotatable bonds is 2. The molecule has 1 aliphatic carbocycles. The maximum atomic E-state index is 12.1. The van der Waals surface area contributed by atoms with Crippen molar-refractivity contribution in [3.63, 3.8) is 0 Å². The van der Waals surface area contributed by atoms with Crippen molar-refractivity contribution in [1.29, 1.82) is 0 Å². The van der Waals surface area contributed by atoms with Gasteiger partial charge in [-0.05, 0) is 44.8 Å². The number of carboxylic acid groups (broad SMARTS) is 2. The summed E-state index contributed by atoms with van der Waals surface area (Å²) >= 11 is 0. The lowest BCUT2D eigenvalue weighted by Crippen LogP contribution is -2.35. The predicted octanol–water partition coefficient (Wildman–Crippen LogP) is 1.73. The zero-order chi connectivity index (χ0) is 16.7. The van der Waals surface area contributed by atoms with Gasteiger partial charge in [-0.25, -0.2) is 4.79 Å². The lowest BCUT2D eigenvalue weighted by molar-refractivity contribution is -0.154. The molecule has 0 saturated heterocycles. The van der Waals surface area contributed by atoms with Gasteiger partial charge in [0.2, 0.25) is 0 Å². The molecule has 0 aromatic rings. The van der Waals surface area contributed by atoms with Crippen LogP contribution in [0.25, 0.3) is 0 Å². The third-order valence-corrected chi connectivity index (χ3v) is 3.97. The van der Waals surface area contributed by atoms with Crippen LogP contribution in [0, 0.1) is 11.8 Å². The predicted molar refractivity (Wildman–Crippen MR) is 76.3 cm³/mol. The number of hydrogen-bond acceptors (Lipinski definition) is 4. The van der Waals surface area contributed by atoms with Crippen LogP contribution in [0.15, 0.2) is 11.1 Å². The van der Waals surface area contributed by atoms with Gasteiger partial charge in [0.1, 0.15) is 5.60 Å². The molecule has 0 aromatic heterocycles. The van der Waals surface area contributed by atoms with E-state index in [0.717, 1.165) is 11.1 Å². The SMILES string of the molecule is CC(C)(C)OC(=O)N1CC2=C(CC(C(=O)O)C(C(=O)O)C2)C1. The largest absolute Gasteiger partial charge is 0.481 e. The molecule has 2 unspecified atom stereocenters. The third-order valence-electron chi connectivity index (χ3n) is 3.97. The average Bonchev–Trinajstić information content (AvgIpc) is 2.77. The number of aliphatic carboxylic acids is 2. The topological polar surface area (TPSA) is 104 Å². The van der Waals surface area contributed by atoms with Crippen molar-refractivity contribution < 1.29 is 29.3 Å². The minimum atomic E-state index is -1.10. The summed E-state index contributed by atoms with van der Waals surface area (Å²) in [5, 5.41) is 18.4. The first-order valence-corrected chi connectivity index (χ1v) is 7.22. The van der Waals surface area contributed by atoms with Gasteiger partial charge in [-0.2, -0.15) is 0 Å². The van der Waals surface area contributed by atoms with Gasteiger partial charge in [0.15, 0.2) is 0 Å². The van der Waals surface area contributed by atoms with Crippen molar-refractivity contribution in [3.8, 4) is 0 Å². The van der Waals surface area contributed by atoms with Crippen LogP contribution >= 0.6 is 0 Å². The highest BCUT2D eigenvalue weighted by Crippen LogP contribution is 2.38. The molecule has 2 aliphatic rings. The van der Waals surface area contributed by atoms with E-state index in [-0.39, 0.29) is 12.8 Å². The van der Waals surface area contributed by atoms with Crippen LogP contribution in [0.4, 0.5) is 4.79 Å². The van der Waals surface area contributed by atoms with E-state index in [0.29, 0.717) is 13.1 Å². The van der Waals surface area contributed by atoms with E-state index >= 15 is 0 Å². The van der Waals surface area contributed by atoms with E-state index < -0.39 is 35.5 Å².